The molecule has 2 heterocycles. The zero-order valence-electron chi connectivity index (χ0n) is 17.9. The maximum Gasteiger partial charge on any atom is 0.270 e. The van der Waals surface area contributed by atoms with Crippen LogP contribution in [0.4, 0.5) is 11.4 Å². The maximum absolute atomic E-state index is 13.3. The van der Waals surface area contributed by atoms with Crippen LogP contribution in [0, 0.1) is 10.1 Å². The highest BCUT2D eigenvalue weighted by Crippen LogP contribution is 2.31. The van der Waals surface area contributed by atoms with Gasteiger partial charge in [-0.15, -0.1) is 0 Å². The van der Waals surface area contributed by atoms with Gasteiger partial charge in [-0.1, -0.05) is 30.3 Å². The summed E-state index contributed by atoms with van der Waals surface area (Å²) in [5.74, 6) is 0. The van der Waals surface area contributed by atoms with E-state index in [0.717, 1.165) is 38.5 Å². The first-order chi connectivity index (χ1) is 15.4. The second-order valence-electron chi connectivity index (χ2n) is 8.13. The number of piperidine rings is 1. The molecule has 4 rings (SSSR count). The molecule has 10 heteroatoms. The summed E-state index contributed by atoms with van der Waals surface area (Å²) in [7, 11) is -3.87. The van der Waals surface area contributed by atoms with Crippen LogP contribution in [0.1, 0.15) is 18.4 Å². The average molecular weight is 461 g/mol. The maximum atomic E-state index is 13.3. The Hall–Kier alpha value is -2.53. The fourth-order valence-corrected chi connectivity index (χ4v) is 5.76. The van der Waals surface area contributed by atoms with Crippen molar-refractivity contribution in [2.75, 3.05) is 44.7 Å². The molecule has 2 fully saturated rings. The van der Waals surface area contributed by atoms with Crippen molar-refractivity contribution in [2.24, 2.45) is 0 Å². The number of rotatable bonds is 7. The van der Waals surface area contributed by atoms with E-state index in [1.165, 1.54) is 22.0 Å². The van der Waals surface area contributed by atoms with Crippen molar-refractivity contribution >= 4 is 21.4 Å². The van der Waals surface area contributed by atoms with Gasteiger partial charge in [0.25, 0.3) is 5.69 Å². The fourth-order valence-electron chi connectivity index (χ4n) is 4.18. The van der Waals surface area contributed by atoms with Crippen molar-refractivity contribution in [3.8, 4) is 0 Å². The van der Waals surface area contributed by atoms with E-state index in [1.807, 2.05) is 18.2 Å². The summed E-state index contributed by atoms with van der Waals surface area (Å²) < 4.78 is 33.2. The first kappa shape index (κ1) is 22.7. The monoisotopic (exact) mass is 460 g/mol. The number of hydrogen-bond donors (Lipinski definition) is 1. The average Bonchev–Trinajstić information content (AvgIpc) is 2.81. The van der Waals surface area contributed by atoms with Crippen molar-refractivity contribution in [1.29, 1.82) is 0 Å². The van der Waals surface area contributed by atoms with E-state index in [4.69, 9.17) is 4.74 Å². The summed E-state index contributed by atoms with van der Waals surface area (Å²) in [5, 5.41) is 14.7. The van der Waals surface area contributed by atoms with E-state index in [9.17, 15) is 18.5 Å². The summed E-state index contributed by atoms with van der Waals surface area (Å²) in [4.78, 5) is 13.1. The number of benzene rings is 2. The number of likely N-dealkylation sites (tertiary alicyclic amines) is 1. The van der Waals surface area contributed by atoms with E-state index in [2.05, 4.69) is 22.3 Å². The van der Waals surface area contributed by atoms with Gasteiger partial charge in [0.2, 0.25) is 10.0 Å². The van der Waals surface area contributed by atoms with Gasteiger partial charge in [0.05, 0.1) is 23.8 Å². The molecule has 2 aliphatic heterocycles. The number of nitro groups is 1. The molecule has 172 valence electrons. The van der Waals surface area contributed by atoms with E-state index in [0.29, 0.717) is 18.9 Å². The van der Waals surface area contributed by atoms with Gasteiger partial charge in [-0.25, -0.2) is 8.42 Å². The van der Waals surface area contributed by atoms with Gasteiger partial charge < -0.3 is 10.1 Å². The lowest BCUT2D eigenvalue weighted by molar-refractivity contribution is -0.385. The van der Waals surface area contributed by atoms with Crippen LogP contribution >= 0.6 is 0 Å². The minimum absolute atomic E-state index is 0.0414. The zero-order valence-corrected chi connectivity index (χ0v) is 18.7. The lowest BCUT2D eigenvalue weighted by Crippen LogP contribution is -2.41. The molecule has 0 amide bonds. The van der Waals surface area contributed by atoms with Crippen LogP contribution in [0.5, 0.6) is 0 Å². The Kier molecular flexibility index (Phi) is 7.04. The quantitative estimate of drug-likeness (QED) is 0.500. The summed E-state index contributed by atoms with van der Waals surface area (Å²) in [6.07, 6.45) is 1.72. The van der Waals surface area contributed by atoms with Crippen LogP contribution in [-0.4, -0.2) is 68.0 Å². The minimum atomic E-state index is -3.87. The van der Waals surface area contributed by atoms with Crippen LogP contribution in [0.3, 0.4) is 0 Å². The van der Waals surface area contributed by atoms with Gasteiger partial charge >= 0.3 is 0 Å². The minimum Gasteiger partial charge on any atom is -0.381 e. The number of nitro benzene ring substituents is 1. The predicted molar refractivity (Wildman–Crippen MR) is 121 cm³/mol. The van der Waals surface area contributed by atoms with Crippen molar-refractivity contribution < 1.29 is 18.1 Å². The van der Waals surface area contributed by atoms with Gasteiger partial charge in [-0.2, -0.15) is 4.31 Å². The highest BCUT2D eigenvalue weighted by atomic mass is 32.2. The van der Waals surface area contributed by atoms with Crippen molar-refractivity contribution in [2.45, 2.75) is 30.3 Å². The lowest BCUT2D eigenvalue weighted by atomic mass is 10.0. The highest BCUT2D eigenvalue weighted by Gasteiger charge is 2.31. The third kappa shape index (κ3) is 5.26. The van der Waals surface area contributed by atoms with Gasteiger partial charge in [-0.05, 0) is 24.5 Å². The number of sulfonamides is 1. The van der Waals surface area contributed by atoms with Crippen LogP contribution in [0.15, 0.2) is 53.4 Å². The fraction of sp³-hybridized carbons (Fsp3) is 0.455. The molecule has 0 atom stereocenters. The molecule has 2 aromatic rings. The molecule has 0 aromatic heterocycles. The van der Waals surface area contributed by atoms with E-state index >= 15 is 0 Å². The topological polar surface area (TPSA) is 105 Å². The first-order valence-corrected chi connectivity index (χ1v) is 12.3. The zero-order chi connectivity index (χ0) is 22.6. The molecule has 0 unspecified atom stereocenters. The van der Waals surface area contributed by atoms with Crippen LogP contribution in [0.25, 0.3) is 0 Å². The molecule has 0 radical (unpaired) electrons. The SMILES string of the molecule is O=[N+]([O-])c1ccc(NC2CCN(Cc3ccccc3)CC2)c(S(=O)(=O)N2CCOCC2)c1. The van der Waals surface area contributed by atoms with Crippen LogP contribution in [0.2, 0.25) is 0 Å². The Morgan fingerprint density at radius 3 is 2.38 bits per heavy atom. The van der Waals surface area contributed by atoms with Crippen molar-refractivity contribution in [1.82, 2.24) is 9.21 Å². The summed E-state index contributed by atoms with van der Waals surface area (Å²) in [5.41, 5.74) is 1.46. The Bertz CT molecular complexity index is 1030. The standard InChI is InChI=1S/C22H28N4O5S/c27-26(28)20-6-7-21(22(16-20)32(29,30)25-12-14-31-15-13-25)23-19-8-10-24(11-9-19)17-18-4-2-1-3-5-18/h1-7,16,19,23H,8-15,17H2. The van der Waals surface area contributed by atoms with E-state index in [1.54, 1.807) is 0 Å². The third-order valence-electron chi connectivity index (χ3n) is 5.96. The smallest absolute Gasteiger partial charge is 0.270 e. The van der Waals surface area contributed by atoms with Crippen molar-refractivity contribution in [3.63, 3.8) is 0 Å². The van der Waals surface area contributed by atoms with Gasteiger partial charge in [0, 0.05) is 50.9 Å². The summed E-state index contributed by atoms with van der Waals surface area (Å²) in [6.45, 7) is 3.79. The van der Waals surface area contributed by atoms with Crippen molar-refractivity contribution in [3.05, 3.63) is 64.2 Å². The highest BCUT2D eigenvalue weighted by molar-refractivity contribution is 7.89. The third-order valence-corrected chi connectivity index (χ3v) is 7.90. The number of morpholine rings is 1. The normalized spacial score (nSPS) is 19.0. The first-order valence-electron chi connectivity index (χ1n) is 10.8. The second-order valence-corrected chi connectivity index (χ2v) is 10.0. The Morgan fingerprint density at radius 1 is 1.03 bits per heavy atom. The molecule has 1 N–H and O–H groups in total. The Morgan fingerprint density at radius 2 is 1.72 bits per heavy atom. The molecule has 2 aliphatic rings. The molecule has 9 nitrogen and oxygen atoms in total. The molecule has 0 bridgehead atoms. The number of nitrogens with one attached hydrogen (secondary N) is 1. The predicted octanol–water partition coefficient (Wildman–Crippen LogP) is 2.69. The molecule has 0 aliphatic carbocycles. The summed E-state index contributed by atoms with van der Waals surface area (Å²) >= 11 is 0. The Balaban J connectivity index is 1.48. The number of nitrogens with zero attached hydrogens (tertiary/aromatic N) is 3. The molecule has 32 heavy (non-hydrogen) atoms. The number of anilines is 1. The largest absolute Gasteiger partial charge is 0.381 e. The molecular formula is C22H28N4O5S. The number of hydrogen-bond acceptors (Lipinski definition) is 7. The van der Waals surface area contributed by atoms with E-state index in [-0.39, 0.29) is 29.7 Å². The molecule has 2 aromatic carbocycles. The van der Waals surface area contributed by atoms with Crippen LogP contribution < -0.4 is 5.32 Å². The second kappa shape index (κ2) is 9.95. The molecule has 0 spiro atoms. The molecule has 0 saturated carbocycles. The lowest BCUT2D eigenvalue weighted by Gasteiger charge is -2.33. The van der Waals surface area contributed by atoms with E-state index < -0.39 is 14.9 Å². The number of non-ortho nitro benzene ring substituents is 1. The van der Waals surface area contributed by atoms with Gasteiger partial charge in [0.15, 0.2) is 0 Å². The van der Waals surface area contributed by atoms with Gasteiger partial charge in [-0.3, -0.25) is 15.0 Å². The Labute approximate surface area is 188 Å². The molecular weight excluding hydrogens is 432 g/mol. The van der Waals surface area contributed by atoms with Gasteiger partial charge in [0.1, 0.15) is 4.90 Å². The summed E-state index contributed by atoms with van der Waals surface area (Å²) in [6, 6.07) is 14.4. The molecule has 2 saturated heterocycles. The number of ether oxygens (including phenoxy) is 1. The van der Waals surface area contributed by atoms with Crippen LogP contribution in [-0.2, 0) is 21.3 Å².